The molecule has 0 unspecified atom stereocenters. The summed E-state index contributed by atoms with van der Waals surface area (Å²) in [5, 5.41) is 28.7. The number of hydrogen-bond acceptors (Lipinski definition) is 5. The Morgan fingerprint density at radius 1 is 1.04 bits per heavy atom. The van der Waals surface area contributed by atoms with Gasteiger partial charge in [-0.25, -0.2) is 0 Å². The molecular formula is C18H34O5. The van der Waals surface area contributed by atoms with Gasteiger partial charge in [0.25, 0.3) is 0 Å². The van der Waals surface area contributed by atoms with E-state index in [4.69, 9.17) is 9.47 Å². The molecular weight excluding hydrogens is 296 g/mol. The number of ether oxygens (including phenoxy) is 2. The zero-order chi connectivity index (χ0) is 16.9. The number of rotatable bonds is 12. The van der Waals surface area contributed by atoms with E-state index in [0.717, 1.165) is 12.8 Å². The summed E-state index contributed by atoms with van der Waals surface area (Å²) in [6, 6.07) is 0. The molecule has 0 amide bonds. The molecule has 1 aliphatic heterocycles. The molecule has 0 saturated carbocycles. The first-order valence-corrected chi connectivity index (χ1v) is 9.09. The van der Waals surface area contributed by atoms with Gasteiger partial charge in [0.1, 0.15) is 18.3 Å². The second-order valence-corrected chi connectivity index (χ2v) is 6.35. The third-order valence-electron chi connectivity index (χ3n) is 4.31. The maximum Gasteiger partial charge on any atom is 0.154 e. The SMILES string of the molecule is CCCCCCCCCC/C=C/O[C@@H]1[C@@H](O)[C@H](O)CO[C@H]1CO. The molecule has 1 saturated heterocycles. The smallest absolute Gasteiger partial charge is 0.154 e. The topological polar surface area (TPSA) is 79.2 Å². The molecule has 1 aliphatic rings. The molecule has 1 rings (SSSR count). The number of aliphatic hydroxyl groups excluding tert-OH is 3. The fourth-order valence-corrected chi connectivity index (χ4v) is 2.79. The maximum atomic E-state index is 9.90. The summed E-state index contributed by atoms with van der Waals surface area (Å²) in [5.41, 5.74) is 0. The van der Waals surface area contributed by atoms with Crippen LogP contribution in [0.5, 0.6) is 0 Å². The van der Waals surface area contributed by atoms with Gasteiger partial charge in [-0.2, -0.15) is 0 Å². The highest BCUT2D eigenvalue weighted by Gasteiger charge is 2.39. The van der Waals surface area contributed by atoms with Gasteiger partial charge in [0.2, 0.25) is 0 Å². The number of hydrogen-bond donors (Lipinski definition) is 3. The number of unbranched alkanes of at least 4 members (excludes halogenated alkanes) is 8. The molecule has 1 heterocycles. The van der Waals surface area contributed by atoms with Gasteiger partial charge in [-0.3, -0.25) is 0 Å². The van der Waals surface area contributed by atoms with E-state index in [9.17, 15) is 15.3 Å². The minimum Gasteiger partial charge on any atom is -0.493 e. The Balaban J connectivity index is 2.08. The first-order chi connectivity index (χ1) is 11.2. The molecule has 0 aromatic rings. The van der Waals surface area contributed by atoms with E-state index in [0.29, 0.717) is 0 Å². The van der Waals surface area contributed by atoms with Crippen LogP contribution < -0.4 is 0 Å². The van der Waals surface area contributed by atoms with Crippen LogP contribution in [0.3, 0.4) is 0 Å². The highest BCUT2D eigenvalue weighted by atomic mass is 16.6. The van der Waals surface area contributed by atoms with Crippen molar-refractivity contribution in [1.82, 2.24) is 0 Å². The summed E-state index contributed by atoms with van der Waals surface area (Å²) in [5.74, 6) is 0. The molecule has 0 aromatic carbocycles. The van der Waals surface area contributed by atoms with Gasteiger partial charge >= 0.3 is 0 Å². The second-order valence-electron chi connectivity index (χ2n) is 6.35. The molecule has 0 radical (unpaired) electrons. The van der Waals surface area contributed by atoms with Crippen molar-refractivity contribution in [3.8, 4) is 0 Å². The van der Waals surface area contributed by atoms with Crippen LogP contribution in [0.15, 0.2) is 12.3 Å². The van der Waals surface area contributed by atoms with E-state index in [1.165, 1.54) is 44.9 Å². The summed E-state index contributed by atoms with van der Waals surface area (Å²) < 4.78 is 10.7. The molecule has 0 aliphatic carbocycles. The number of allylic oxidation sites excluding steroid dienone is 1. The van der Waals surface area contributed by atoms with Crippen molar-refractivity contribution in [2.75, 3.05) is 13.2 Å². The summed E-state index contributed by atoms with van der Waals surface area (Å²) in [6.45, 7) is 2.02. The van der Waals surface area contributed by atoms with Crippen molar-refractivity contribution < 1.29 is 24.8 Å². The first-order valence-electron chi connectivity index (χ1n) is 9.09. The lowest BCUT2D eigenvalue weighted by atomic mass is 10.0. The summed E-state index contributed by atoms with van der Waals surface area (Å²) >= 11 is 0. The molecule has 23 heavy (non-hydrogen) atoms. The van der Waals surface area contributed by atoms with Gasteiger partial charge in [0.15, 0.2) is 6.10 Å². The molecule has 1 fully saturated rings. The van der Waals surface area contributed by atoms with Crippen LogP contribution in [-0.2, 0) is 9.47 Å². The molecule has 3 N–H and O–H groups in total. The predicted octanol–water partition coefficient (Wildman–Crippen LogP) is 2.53. The fourth-order valence-electron chi connectivity index (χ4n) is 2.79. The Morgan fingerprint density at radius 3 is 2.35 bits per heavy atom. The van der Waals surface area contributed by atoms with E-state index in [1.54, 1.807) is 6.26 Å². The van der Waals surface area contributed by atoms with Crippen LogP contribution >= 0.6 is 0 Å². The molecule has 0 spiro atoms. The standard InChI is InChI=1S/C18H34O5/c1-2-3-4-5-6-7-8-9-10-11-12-22-18-16(13-19)23-14-15(20)17(18)21/h11-12,15-21H,2-10,13-14H2,1H3/b12-11+/t15-,16+,17+,18+/m1/s1. The third kappa shape index (κ3) is 8.15. The van der Waals surface area contributed by atoms with Gasteiger partial charge in [-0.15, -0.1) is 0 Å². The minimum atomic E-state index is -1.03. The fraction of sp³-hybridized carbons (Fsp3) is 0.889. The van der Waals surface area contributed by atoms with E-state index >= 15 is 0 Å². The molecule has 4 atom stereocenters. The van der Waals surface area contributed by atoms with E-state index < -0.39 is 24.4 Å². The normalized spacial score (nSPS) is 28.3. The molecule has 136 valence electrons. The van der Waals surface area contributed by atoms with Crippen molar-refractivity contribution in [2.45, 2.75) is 89.1 Å². The predicted molar refractivity (Wildman–Crippen MR) is 90.1 cm³/mol. The van der Waals surface area contributed by atoms with Crippen molar-refractivity contribution >= 4 is 0 Å². The van der Waals surface area contributed by atoms with E-state index in [1.807, 2.05) is 6.08 Å². The van der Waals surface area contributed by atoms with Crippen LogP contribution in [-0.4, -0.2) is 52.9 Å². The highest BCUT2D eigenvalue weighted by Crippen LogP contribution is 2.19. The third-order valence-corrected chi connectivity index (χ3v) is 4.31. The van der Waals surface area contributed by atoms with Crippen LogP contribution in [0, 0.1) is 0 Å². The van der Waals surface area contributed by atoms with Gasteiger partial charge in [-0.1, -0.05) is 51.9 Å². The number of aliphatic hydroxyl groups is 3. The largest absolute Gasteiger partial charge is 0.493 e. The monoisotopic (exact) mass is 330 g/mol. The highest BCUT2D eigenvalue weighted by molar-refractivity contribution is 4.89. The van der Waals surface area contributed by atoms with Crippen LogP contribution in [0.25, 0.3) is 0 Å². The molecule has 5 nitrogen and oxygen atoms in total. The van der Waals surface area contributed by atoms with Crippen molar-refractivity contribution in [3.63, 3.8) is 0 Å². The lowest BCUT2D eigenvalue weighted by Gasteiger charge is -2.36. The summed E-state index contributed by atoms with van der Waals surface area (Å²) in [7, 11) is 0. The Morgan fingerprint density at radius 2 is 1.70 bits per heavy atom. The van der Waals surface area contributed by atoms with Crippen LogP contribution in [0.1, 0.15) is 64.7 Å². The van der Waals surface area contributed by atoms with Crippen molar-refractivity contribution in [3.05, 3.63) is 12.3 Å². The zero-order valence-corrected chi connectivity index (χ0v) is 14.4. The Hall–Kier alpha value is -0.620. The second kappa shape index (κ2) is 12.8. The lowest BCUT2D eigenvalue weighted by Crippen LogP contribution is -2.54. The van der Waals surface area contributed by atoms with Crippen molar-refractivity contribution in [2.24, 2.45) is 0 Å². The Kier molecular flexibility index (Phi) is 11.3. The lowest BCUT2D eigenvalue weighted by molar-refractivity contribution is -0.197. The van der Waals surface area contributed by atoms with Gasteiger partial charge in [-0.05, 0) is 18.9 Å². The average molecular weight is 330 g/mol. The van der Waals surface area contributed by atoms with Gasteiger partial charge in [0, 0.05) is 0 Å². The van der Waals surface area contributed by atoms with Crippen LogP contribution in [0.4, 0.5) is 0 Å². The zero-order valence-electron chi connectivity index (χ0n) is 14.4. The maximum absolute atomic E-state index is 9.90. The average Bonchev–Trinajstić information content (AvgIpc) is 2.56. The molecule has 0 aromatic heterocycles. The molecule has 0 bridgehead atoms. The Labute approximate surface area is 140 Å². The van der Waals surface area contributed by atoms with E-state index in [-0.39, 0.29) is 13.2 Å². The van der Waals surface area contributed by atoms with Crippen molar-refractivity contribution in [1.29, 1.82) is 0 Å². The summed E-state index contributed by atoms with van der Waals surface area (Å²) in [6.07, 6.45) is 11.4. The molecule has 5 heteroatoms. The minimum absolute atomic E-state index is 0.0220. The van der Waals surface area contributed by atoms with Gasteiger partial charge in [0.05, 0.1) is 19.5 Å². The van der Waals surface area contributed by atoms with Crippen LogP contribution in [0.2, 0.25) is 0 Å². The quantitative estimate of drug-likeness (QED) is 0.378. The first kappa shape index (κ1) is 20.4. The Bertz CT molecular complexity index is 306. The summed E-state index contributed by atoms with van der Waals surface area (Å²) in [4.78, 5) is 0. The van der Waals surface area contributed by atoms with Gasteiger partial charge < -0.3 is 24.8 Å². The van der Waals surface area contributed by atoms with E-state index in [2.05, 4.69) is 6.92 Å².